The van der Waals surface area contributed by atoms with Crippen molar-refractivity contribution in [2.24, 2.45) is 4.99 Å². The Kier molecular flexibility index (Phi) is 7.48. The zero-order chi connectivity index (χ0) is 21.8. The van der Waals surface area contributed by atoms with Gasteiger partial charge in [0, 0.05) is 15.9 Å². The summed E-state index contributed by atoms with van der Waals surface area (Å²) >= 11 is 6.81. The van der Waals surface area contributed by atoms with Gasteiger partial charge in [0.15, 0.2) is 5.58 Å². The molecule has 1 aromatic carbocycles. The monoisotopic (exact) mass is 552 g/mol. The molecule has 2 fully saturated rings. The van der Waals surface area contributed by atoms with Crippen LogP contribution in [-0.4, -0.2) is 24.1 Å². The maximum atomic E-state index is 12.9. The molecule has 1 heterocycles. The highest BCUT2D eigenvalue weighted by Gasteiger charge is 2.23. The number of hydrogen-bond donors (Lipinski definition) is 1. The summed E-state index contributed by atoms with van der Waals surface area (Å²) in [4.78, 5) is 30.2. The molecule has 31 heavy (non-hydrogen) atoms. The maximum Gasteiger partial charge on any atom is 0.353 e. The molecule has 166 valence electrons. The fourth-order valence-corrected chi connectivity index (χ4v) is 5.67. The average Bonchev–Trinajstić information content (AvgIpc) is 2.75. The highest BCUT2D eigenvalue weighted by molar-refractivity contribution is 9.11. The van der Waals surface area contributed by atoms with Crippen LogP contribution in [0.25, 0.3) is 11.0 Å². The van der Waals surface area contributed by atoms with Crippen molar-refractivity contribution in [2.75, 3.05) is 0 Å². The van der Waals surface area contributed by atoms with Gasteiger partial charge in [-0.3, -0.25) is 0 Å². The summed E-state index contributed by atoms with van der Waals surface area (Å²) < 4.78 is 12.5. The lowest BCUT2D eigenvalue weighted by Gasteiger charge is -2.25. The lowest BCUT2D eigenvalue weighted by molar-refractivity contribution is 0.0699. The fraction of sp³-hybridized carbons (Fsp3) is 0.522. The Balaban J connectivity index is 1.59. The lowest BCUT2D eigenvalue weighted by Crippen LogP contribution is -2.40. The van der Waals surface area contributed by atoms with Crippen molar-refractivity contribution in [1.29, 1.82) is 0 Å². The Hall–Kier alpha value is -1.67. The van der Waals surface area contributed by atoms with Crippen LogP contribution in [0.2, 0.25) is 0 Å². The van der Waals surface area contributed by atoms with Crippen molar-refractivity contribution in [1.82, 2.24) is 5.32 Å². The molecule has 2 saturated carbocycles. The SMILES string of the molecule is O=C(OC(=NC1CCCCC1)NC1CCCCC1)c1cc2cc(Br)cc(Br)c2oc1=O. The third-order valence-corrected chi connectivity index (χ3v) is 7.02. The first kappa shape index (κ1) is 22.5. The number of nitrogens with one attached hydrogen (secondary N) is 1. The molecule has 2 aliphatic carbocycles. The molecule has 2 aromatic rings. The predicted molar refractivity (Wildman–Crippen MR) is 128 cm³/mol. The van der Waals surface area contributed by atoms with Crippen LogP contribution in [0, 0.1) is 0 Å². The molecule has 8 heteroatoms. The molecular formula is C23H26Br2N2O4. The van der Waals surface area contributed by atoms with Crippen molar-refractivity contribution in [2.45, 2.75) is 76.3 Å². The van der Waals surface area contributed by atoms with Crippen molar-refractivity contribution in [3.63, 3.8) is 0 Å². The van der Waals surface area contributed by atoms with E-state index in [1.807, 2.05) is 0 Å². The molecular weight excluding hydrogens is 528 g/mol. The number of esters is 1. The summed E-state index contributed by atoms with van der Waals surface area (Å²) in [5.41, 5.74) is -0.476. The van der Waals surface area contributed by atoms with Crippen molar-refractivity contribution < 1.29 is 13.9 Å². The Morgan fingerprint density at radius 2 is 1.68 bits per heavy atom. The van der Waals surface area contributed by atoms with E-state index in [9.17, 15) is 9.59 Å². The summed E-state index contributed by atoms with van der Waals surface area (Å²) in [6.45, 7) is 0. The number of aliphatic imine (C=N–C) groups is 1. The van der Waals surface area contributed by atoms with Crippen LogP contribution in [-0.2, 0) is 4.74 Å². The number of rotatable bonds is 3. The lowest BCUT2D eigenvalue weighted by atomic mass is 9.95. The van der Waals surface area contributed by atoms with E-state index in [0.29, 0.717) is 15.4 Å². The van der Waals surface area contributed by atoms with Gasteiger partial charge < -0.3 is 14.5 Å². The third-order valence-electron chi connectivity index (χ3n) is 5.97. The number of nitrogens with zero attached hydrogens (tertiary/aromatic N) is 1. The summed E-state index contributed by atoms with van der Waals surface area (Å²) in [7, 11) is 0. The van der Waals surface area contributed by atoms with Crippen LogP contribution >= 0.6 is 31.9 Å². The minimum atomic E-state index is -0.746. The highest BCUT2D eigenvalue weighted by Crippen LogP contribution is 2.28. The zero-order valence-corrected chi connectivity index (χ0v) is 20.5. The molecule has 0 unspecified atom stereocenters. The third kappa shape index (κ3) is 5.77. The molecule has 0 radical (unpaired) electrons. The number of carbonyl (C=O) groups is 1. The van der Waals surface area contributed by atoms with Crippen LogP contribution in [0.1, 0.15) is 74.6 Å². The van der Waals surface area contributed by atoms with Gasteiger partial charge in [0.2, 0.25) is 0 Å². The van der Waals surface area contributed by atoms with Gasteiger partial charge in [0.25, 0.3) is 6.02 Å². The highest BCUT2D eigenvalue weighted by atomic mass is 79.9. The van der Waals surface area contributed by atoms with E-state index in [0.717, 1.165) is 55.8 Å². The largest absolute Gasteiger partial charge is 0.421 e. The van der Waals surface area contributed by atoms with Crippen molar-refractivity contribution in [3.8, 4) is 0 Å². The summed E-state index contributed by atoms with van der Waals surface area (Å²) in [5.74, 6) is -0.746. The van der Waals surface area contributed by atoms with Gasteiger partial charge in [0.1, 0.15) is 5.56 Å². The number of fused-ring (bicyclic) bond motifs is 1. The second-order valence-electron chi connectivity index (χ2n) is 8.35. The molecule has 4 rings (SSSR count). The molecule has 6 nitrogen and oxygen atoms in total. The van der Waals surface area contributed by atoms with Crippen LogP contribution in [0.3, 0.4) is 0 Å². The first-order chi connectivity index (χ1) is 15.0. The Morgan fingerprint density at radius 1 is 1.00 bits per heavy atom. The first-order valence-corrected chi connectivity index (χ1v) is 12.6. The number of hydrogen-bond acceptors (Lipinski definition) is 5. The molecule has 2 aliphatic rings. The molecule has 0 aliphatic heterocycles. The molecule has 1 N–H and O–H groups in total. The second-order valence-corrected chi connectivity index (χ2v) is 10.1. The number of amidine groups is 1. The Morgan fingerprint density at radius 3 is 2.39 bits per heavy atom. The summed E-state index contributed by atoms with van der Waals surface area (Å²) in [6.07, 6.45) is 11.1. The van der Waals surface area contributed by atoms with E-state index < -0.39 is 11.6 Å². The normalized spacial score (nSPS) is 18.8. The smallest absolute Gasteiger partial charge is 0.353 e. The Bertz CT molecular complexity index is 1040. The minimum Gasteiger partial charge on any atom is -0.421 e. The van der Waals surface area contributed by atoms with Crippen LogP contribution in [0.4, 0.5) is 0 Å². The van der Waals surface area contributed by atoms with Gasteiger partial charge in [-0.05, 0) is 59.8 Å². The number of benzene rings is 1. The van der Waals surface area contributed by atoms with Crippen LogP contribution in [0.15, 0.2) is 41.3 Å². The fourth-order valence-electron chi connectivity index (χ4n) is 4.33. The number of carbonyl (C=O) groups excluding carboxylic acids is 1. The summed E-state index contributed by atoms with van der Waals surface area (Å²) in [5, 5.41) is 3.96. The molecule has 0 spiro atoms. The first-order valence-electron chi connectivity index (χ1n) is 11.0. The van der Waals surface area contributed by atoms with E-state index in [4.69, 9.17) is 14.1 Å². The van der Waals surface area contributed by atoms with E-state index in [1.165, 1.54) is 18.9 Å². The topological polar surface area (TPSA) is 80.9 Å². The van der Waals surface area contributed by atoms with Crippen molar-refractivity contribution in [3.05, 3.63) is 43.1 Å². The molecule has 0 saturated heterocycles. The zero-order valence-electron chi connectivity index (χ0n) is 17.3. The average molecular weight is 554 g/mol. The van der Waals surface area contributed by atoms with Crippen molar-refractivity contribution >= 4 is 54.8 Å². The van der Waals surface area contributed by atoms with Crippen LogP contribution < -0.4 is 10.9 Å². The standard InChI is InChI=1S/C23H26Br2N2O4/c24-15-11-14-12-18(21(28)30-20(14)19(25)13-15)22(29)31-23(26-16-7-3-1-4-8-16)27-17-9-5-2-6-10-17/h11-13,16-17H,1-10H2,(H,26,27). The number of halogens is 2. The van der Waals surface area contributed by atoms with E-state index in [2.05, 4.69) is 37.2 Å². The van der Waals surface area contributed by atoms with E-state index >= 15 is 0 Å². The van der Waals surface area contributed by atoms with Gasteiger partial charge in [-0.2, -0.15) is 0 Å². The minimum absolute atomic E-state index is 0.140. The second kappa shape index (κ2) is 10.3. The van der Waals surface area contributed by atoms with Gasteiger partial charge in [-0.15, -0.1) is 0 Å². The summed E-state index contributed by atoms with van der Waals surface area (Å²) in [6, 6.07) is 5.71. The number of ether oxygens (including phenoxy) is 1. The van der Waals surface area contributed by atoms with Crippen LogP contribution in [0.5, 0.6) is 0 Å². The van der Waals surface area contributed by atoms with E-state index in [1.54, 1.807) is 12.1 Å². The molecule has 0 atom stereocenters. The van der Waals surface area contributed by atoms with Gasteiger partial charge in [0.05, 0.1) is 10.5 Å². The van der Waals surface area contributed by atoms with Gasteiger partial charge in [-0.25, -0.2) is 14.6 Å². The van der Waals surface area contributed by atoms with Gasteiger partial charge >= 0.3 is 11.6 Å². The Labute approximate surface area is 198 Å². The molecule has 0 amide bonds. The quantitative estimate of drug-likeness (QED) is 0.215. The molecule has 1 aromatic heterocycles. The molecule has 0 bridgehead atoms. The van der Waals surface area contributed by atoms with E-state index in [-0.39, 0.29) is 23.7 Å². The maximum absolute atomic E-state index is 12.9. The van der Waals surface area contributed by atoms with Gasteiger partial charge in [-0.1, -0.05) is 54.5 Å². The predicted octanol–water partition coefficient (Wildman–Crippen LogP) is 6.09.